The first-order chi connectivity index (χ1) is 6.43. The summed E-state index contributed by atoms with van der Waals surface area (Å²) in [5.41, 5.74) is 0. The largest absolute Gasteiger partial charge is 0.385 e. The zero-order valence-electron chi connectivity index (χ0n) is 7.95. The first-order valence-electron chi connectivity index (χ1n) is 4.51. The lowest BCUT2D eigenvalue weighted by atomic mass is 10.3. The van der Waals surface area contributed by atoms with Crippen molar-refractivity contribution in [3.05, 3.63) is 16.6 Å². The topological polar surface area (TPSA) is 34.1 Å². The molecule has 1 aromatic heterocycles. The maximum atomic E-state index is 4.96. The lowest BCUT2D eigenvalue weighted by Crippen LogP contribution is -2.14. The molecule has 0 aliphatic rings. The number of hydrogen-bond donors (Lipinski definition) is 1. The summed E-state index contributed by atoms with van der Waals surface area (Å²) in [5, 5.41) is 6.50. The first-order valence-corrected chi connectivity index (χ1v) is 5.39. The minimum Gasteiger partial charge on any atom is -0.385 e. The number of hydrogen-bond acceptors (Lipinski definition) is 4. The van der Waals surface area contributed by atoms with Crippen LogP contribution in [0.15, 0.2) is 11.6 Å². The second-order valence-electron chi connectivity index (χ2n) is 2.80. The summed E-state index contributed by atoms with van der Waals surface area (Å²) >= 11 is 1.69. The van der Waals surface area contributed by atoms with E-state index in [0.717, 1.165) is 31.1 Å². The molecule has 1 aromatic rings. The predicted octanol–water partition coefficient (Wildman–Crippen LogP) is 1.66. The SMILES string of the molecule is COCCCCNCc1nccs1. The van der Waals surface area contributed by atoms with Gasteiger partial charge in [0.25, 0.3) is 0 Å². The summed E-state index contributed by atoms with van der Waals surface area (Å²) in [7, 11) is 1.74. The summed E-state index contributed by atoms with van der Waals surface area (Å²) in [6.45, 7) is 2.80. The van der Waals surface area contributed by atoms with E-state index in [4.69, 9.17) is 4.74 Å². The van der Waals surface area contributed by atoms with Gasteiger partial charge in [-0.1, -0.05) is 0 Å². The normalized spacial score (nSPS) is 10.5. The van der Waals surface area contributed by atoms with Crippen LogP contribution in [0, 0.1) is 0 Å². The summed E-state index contributed by atoms with van der Waals surface area (Å²) in [4.78, 5) is 4.18. The fraction of sp³-hybridized carbons (Fsp3) is 0.667. The average Bonchev–Trinajstić information content (AvgIpc) is 2.63. The van der Waals surface area contributed by atoms with Crippen LogP contribution in [0.3, 0.4) is 0 Å². The van der Waals surface area contributed by atoms with Crippen LogP contribution in [0.2, 0.25) is 0 Å². The van der Waals surface area contributed by atoms with Crippen molar-refractivity contribution in [2.24, 2.45) is 0 Å². The number of unbranched alkanes of at least 4 members (excludes halogenated alkanes) is 1. The second kappa shape index (κ2) is 7.00. The zero-order valence-corrected chi connectivity index (χ0v) is 8.77. The van der Waals surface area contributed by atoms with Crippen molar-refractivity contribution in [1.29, 1.82) is 0 Å². The van der Waals surface area contributed by atoms with Gasteiger partial charge in [-0.3, -0.25) is 0 Å². The van der Waals surface area contributed by atoms with Gasteiger partial charge < -0.3 is 10.1 Å². The van der Waals surface area contributed by atoms with Crippen molar-refractivity contribution in [3.63, 3.8) is 0 Å². The van der Waals surface area contributed by atoms with Crippen LogP contribution in [0.4, 0.5) is 0 Å². The van der Waals surface area contributed by atoms with Gasteiger partial charge in [-0.05, 0) is 19.4 Å². The van der Waals surface area contributed by atoms with Crippen molar-refractivity contribution in [1.82, 2.24) is 10.3 Å². The summed E-state index contributed by atoms with van der Waals surface area (Å²) in [5.74, 6) is 0. The smallest absolute Gasteiger partial charge is 0.106 e. The number of ether oxygens (including phenoxy) is 1. The Morgan fingerprint density at radius 1 is 1.54 bits per heavy atom. The van der Waals surface area contributed by atoms with Gasteiger partial charge >= 0.3 is 0 Å². The van der Waals surface area contributed by atoms with E-state index >= 15 is 0 Å². The van der Waals surface area contributed by atoms with Crippen LogP contribution < -0.4 is 5.32 Å². The molecular weight excluding hydrogens is 184 g/mol. The van der Waals surface area contributed by atoms with Crippen LogP contribution in [0.1, 0.15) is 17.8 Å². The molecule has 0 aliphatic heterocycles. The summed E-state index contributed by atoms with van der Waals surface area (Å²) < 4.78 is 4.96. The van der Waals surface area contributed by atoms with Gasteiger partial charge in [-0.15, -0.1) is 11.3 Å². The van der Waals surface area contributed by atoms with Gasteiger partial charge in [0.15, 0.2) is 0 Å². The van der Waals surface area contributed by atoms with E-state index in [9.17, 15) is 0 Å². The lowest BCUT2D eigenvalue weighted by Gasteiger charge is -2.01. The molecule has 3 nitrogen and oxygen atoms in total. The molecule has 1 N–H and O–H groups in total. The fourth-order valence-electron chi connectivity index (χ4n) is 1.03. The predicted molar refractivity (Wildman–Crippen MR) is 54.9 cm³/mol. The molecule has 1 rings (SSSR count). The lowest BCUT2D eigenvalue weighted by molar-refractivity contribution is 0.192. The number of nitrogens with one attached hydrogen (secondary N) is 1. The second-order valence-corrected chi connectivity index (χ2v) is 3.78. The first kappa shape index (κ1) is 10.6. The molecular formula is C9H16N2OS. The number of rotatable bonds is 7. The molecule has 0 spiro atoms. The Bertz CT molecular complexity index is 201. The molecule has 0 aliphatic carbocycles. The van der Waals surface area contributed by atoms with Crippen LogP contribution in [0.5, 0.6) is 0 Å². The van der Waals surface area contributed by atoms with Gasteiger partial charge in [0.05, 0.1) is 0 Å². The molecule has 0 saturated carbocycles. The molecule has 1 heterocycles. The van der Waals surface area contributed by atoms with Gasteiger partial charge in [0, 0.05) is 31.8 Å². The molecule has 0 bridgehead atoms. The van der Waals surface area contributed by atoms with Crippen molar-refractivity contribution in [2.45, 2.75) is 19.4 Å². The van der Waals surface area contributed by atoms with E-state index in [0.29, 0.717) is 0 Å². The maximum Gasteiger partial charge on any atom is 0.106 e. The highest BCUT2D eigenvalue weighted by atomic mass is 32.1. The summed E-state index contributed by atoms with van der Waals surface area (Å²) in [6.07, 6.45) is 4.13. The van der Waals surface area contributed by atoms with Crippen LogP contribution in [-0.4, -0.2) is 25.2 Å². The van der Waals surface area contributed by atoms with E-state index in [1.54, 1.807) is 18.4 Å². The van der Waals surface area contributed by atoms with Gasteiger partial charge in [0.1, 0.15) is 5.01 Å². The minimum absolute atomic E-state index is 0.860. The average molecular weight is 200 g/mol. The number of methoxy groups -OCH3 is 1. The fourth-order valence-corrected chi connectivity index (χ4v) is 1.62. The van der Waals surface area contributed by atoms with Crippen molar-refractivity contribution < 1.29 is 4.74 Å². The number of thiazole rings is 1. The third-order valence-corrected chi connectivity index (χ3v) is 2.49. The molecule has 74 valence electrons. The van der Waals surface area contributed by atoms with E-state index in [1.165, 1.54) is 6.42 Å². The molecule has 13 heavy (non-hydrogen) atoms. The van der Waals surface area contributed by atoms with Crippen molar-refractivity contribution in [2.75, 3.05) is 20.3 Å². The number of nitrogens with zero attached hydrogens (tertiary/aromatic N) is 1. The highest BCUT2D eigenvalue weighted by Crippen LogP contribution is 2.02. The van der Waals surface area contributed by atoms with Crippen LogP contribution >= 0.6 is 11.3 Å². The Balaban J connectivity index is 1.90. The van der Waals surface area contributed by atoms with E-state index < -0.39 is 0 Å². The highest BCUT2D eigenvalue weighted by Gasteiger charge is 1.93. The van der Waals surface area contributed by atoms with Gasteiger partial charge in [-0.25, -0.2) is 4.98 Å². The van der Waals surface area contributed by atoms with Crippen LogP contribution in [-0.2, 0) is 11.3 Å². The Labute approximate surface area is 83.1 Å². The zero-order chi connectivity index (χ0) is 9.36. The van der Waals surface area contributed by atoms with E-state index in [1.807, 2.05) is 11.6 Å². The Morgan fingerprint density at radius 3 is 3.15 bits per heavy atom. The quantitative estimate of drug-likeness (QED) is 0.680. The van der Waals surface area contributed by atoms with Crippen LogP contribution in [0.25, 0.3) is 0 Å². The molecule has 0 aromatic carbocycles. The number of aromatic nitrogens is 1. The molecule has 0 saturated heterocycles. The highest BCUT2D eigenvalue weighted by molar-refractivity contribution is 7.09. The van der Waals surface area contributed by atoms with E-state index in [-0.39, 0.29) is 0 Å². The monoisotopic (exact) mass is 200 g/mol. The van der Waals surface area contributed by atoms with E-state index in [2.05, 4.69) is 10.3 Å². The molecule has 4 heteroatoms. The molecule has 0 atom stereocenters. The third kappa shape index (κ3) is 4.98. The molecule has 0 radical (unpaired) electrons. The maximum absolute atomic E-state index is 4.96. The summed E-state index contributed by atoms with van der Waals surface area (Å²) in [6, 6.07) is 0. The van der Waals surface area contributed by atoms with Crippen molar-refractivity contribution in [3.8, 4) is 0 Å². The molecule has 0 fully saturated rings. The van der Waals surface area contributed by atoms with Gasteiger partial charge in [-0.2, -0.15) is 0 Å². The Kier molecular flexibility index (Phi) is 5.73. The third-order valence-electron chi connectivity index (χ3n) is 1.71. The molecule has 0 amide bonds. The van der Waals surface area contributed by atoms with Gasteiger partial charge in [0.2, 0.25) is 0 Å². The molecule has 0 unspecified atom stereocenters. The Hall–Kier alpha value is -0.450. The van der Waals surface area contributed by atoms with Crippen molar-refractivity contribution >= 4 is 11.3 Å². The standard InChI is InChI=1S/C9H16N2OS/c1-12-6-3-2-4-10-8-9-11-5-7-13-9/h5,7,10H,2-4,6,8H2,1H3. The Morgan fingerprint density at radius 2 is 2.46 bits per heavy atom. The minimum atomic E-state index is 0.860.